The first kappa shape index (κ1) is 19.2. The maximum absolute atomic E-state index is 11.2. The number of nitrogens with zero attached hydrogens (tertiary/aromatic N) is 3. The summed E-state index contributed by atoms with van der Waals surface area (Å²) in [5, 5.41) is 34.9. The third-order valence-corrected chi connectivity index (χ3v) is 5.60. The van der Waals surface area contributed by atoms with Crippen LogP contribution >= 0.6 is 0 Å². The Bertz CT molecular complexity index is 1020. The van der Waals surface area contributed by atoms with Crippen molar-refractivity contribution >= 4 is 0 Å². The van der Waals surface area contributed by atoms with Crippen LogP contribution in [-0.2, 0) is 5.60 Å². The summed E-state index contributed by atoms with van der Waals surface area (Å²) < 4.78 is 7.05. The monoisotopic (exact) mass is 389 g/mol. The fourth-order valence-electron chi connectivity index (χ4n) is 3.79. The predicted octanol–water partition coefficient (Wildman–Crippen LogP) is 3.54. The Morgan fingerprint density at radius 1 is 1.10 bits per heavy atom. The molecule has 4 rings (SSSR count). The molecule has 0 atom stereocenters. The summed E-state index contributed by atoms with van der Waals surface area (Å²) in [6.07, 6.45) is 1.69. The smallest absolute Gasteiger partial charge is 0.119 e. The summed E-state index contributed by atoms with van der Waals surface area (Å²) in [6, 6.07) is 18.9. The predicted molar refractivity (Wildman–Crippen MR) is 109 cm³/mol. The fraction of sp³-hybridized carbons (Fsp3) is 0.304. The first-order valence-electron chi connectivity index (χ1n) is 9.68. The van der Waals surface area contributed by atoms with E-state index in [9.17, 15) is 10.2 Å². The highest BCUT2D eigenvalue weighted by molar-refractivity contribution is 5.64. The van der Waals surface area contributed by atoms with Crippen molar-refractivity contribution in [2.45, 2.75) is 37.4 Å². The van der Waals surface area contributed by atoms with Gasteiger partial charge in [0.05, 0.1) is 41.9 Å². The molecule has 0 unspecified atom stereocenters. The summed E-state index contributed by atoms with van der Waals surface area (Å²) in [4.78, 5) is 0. The van der Waals surface area contributed by atoms with Crippen LogP contribution in [0, 0.1) is 11.3 Å². The Hall–Kier alpha value is -3.14. The van der Waals surface area contributed by atoms with Crippen molar-refractivity contribution in [3.63, 3.8) is 0 Å². The molecule has 1 fully saturated rings. The zero-order valence-electron chi connectivity index (χ0n) is 16.2. The second kappa shape index (κ2) is 7.70. The molecule has 0 aliphatic heterocycles. The van der Waals surface area contributed by atoms with Crippen LogP contribution in [0.2, 0.25) is 0 Å². The van der Waals surface area contributed by atoms with E-state index in [1.54, 1.807) is 23.9 Å². The molecule has 2 N–H and O–H groups in total. The quantitative estimate of drug-likeness (QED) is 0.712. The van der Waals surface area contributed by atoms with Crippen molar-refractivity contribution in [1.29, 1.82) is 5.26 Å². The maximum Gasteiger partial charge on any atom is 0.119 e. The minimum absolute atomic E-state index is 0.364. The van der Waals surface area contributed by atoms with E-state index in [0.717, 1.165) is 22.7 Å². The van der Waals surface area contributed by atoms with E-state index < -0.39 is 5.60 Å². The van der Waals surface area contributed by atoms with Gasteiger partial charge in [-0.3, -0.25) is 0 Å². The number of aliphatic hydroxyl groups excluding tert-OH is 1. The van der Waals surface area contributed by atoms with Crippen LogP contribution in [-0.4, -0.2) is 33.2 Å². The lowest BCUT2D eigenvalue weighted by Crippen LogP contribution is -2.33. The second-order valence-electron chi connectivity index (χ2n) is 7.48. The molecule has 0 amide bonds. The number of rotatable bonds is 4. The topological polar surface area (TPSA) is 91.3 Å². The van der Waals surface area contributed by atoms with Gasteiger partial charge in [-0.05, 0) is 68.1 Å². The fourth-order valence-corrected chi connectivity index (χ4v) is 3.79. The number of hydrogen-bond donors (Lipinski definition) is 2. The van der Waals surface area contributed by atoms with Crippen LogP contribution in [0.5, 0.6) is 5.75 Å². The summed E-state index contributed by atoms with van der Waals surface area (Å²) >= 11 is 0. The highest BCUT2D eigenvalue weighted by Gasteiger charge is 2.37. The third-order valence-electron chi connectivity index (χ3n) is 5.60. The van der Waals surface area contributed by atoms with Gasteiger partial charge in [0.1, 0.15) is 11.4 Å². The van der Waals surface area contributed by atoms with Gasteiger partial charge in [0.25, 0.3) is 0 Å². The van der Waals surface area contributed by atoms with Crippen LogP contribution in [0.4, 0.5) is 0 Å². The molecule has 0 bridgehead atoms. The Balaban J connectivity index is 1.80. The molecule has 1 aromatic heterocycles. The number of ether oxygens (including phenoxy) is 1. The van der Waals surface area contributed by atoms with E-state index in [1.165, 1.54) is 0 Å². The molecule has 1 saturated carbocycles. The lowest BCUT2D eigenvalue weighted by Gasteiger charge is -2.32. The molecule has 148 valence electrons. The van der Waals surface area contributed by atoms with Gasteiger partial charge >= 0.3 is 0 Å². The van der Waals surface area contributed by atoms with Gasteiger partial charge in [0.15, 0.2) is 0 Å². The molecule has 6 heteroatoms. The zero-order valence-corrected chi connectivity index (χ0v) is 16.2. The molecule has 0 spiro atoms. The molecule has 1 heterocycles. The van der Waals surface area contributed by atoms with E-state index in [2.05, 4.69) is 6.07 Å². The highest BCUT2D eigenvalue weighted by atomic mass is 16.5. The van der Waals surface area contributed by atoms with Gasteiger partial charge in [-0.25, -0.2) is 4.68 Å². The average molecular weight is 389 g/mol. The number of nitriles is 1. The van der Waals surface area contributed by atoms with Crippen LogP contribution in [0.15, 0.2) is 54.6 Å². The molecule has 0 saturated heterocycles. The summed E-state index contributed by atoms with van der Waals surface area (Å²) in [6.45, 7) is 0. The highest BCUT2D eigenvalue weighted by Crippen LogP contribution is 2.38. The zero-order chi connectivity index (χ0) is 20.4. The van der Waals surface area contributed by atoms with Crippen LogP contribution in [0.1, 0.15) is 36.9 Å². The average Bonchev–Trinajstić information content (AvgIpc) is 3.22. The standard InChI is InChI=1S/C23H23N3O3/c1-29-20-8-6-18(7-9-20)26-21(17-4-2-16(15-24)3-5-17)14-22(25-26)23(28)12-10-19(27)11-13-23/h2-9,14,19,27-28H,10-13H2,1H3. The lowest BCUT2D eigenvalue weighted by atomic mass is 9.81. The van der Waals surface area contributed by atoms with Crippen LogP contribution < -0.4 is 4.74 Å². The van der Waals surface area contributed by atoms with E-state index in [-0.39, 0.29) is 6.10 Å². The summed E-state index contributed by atoms with van der Waals surface area (Å²) in [5.41, 5.74) is 2.70. The normalized spacial score (nSPS) is 21.5. The molecule has 1 aliphatic rings. The Morgan fingerprint density at radius 3 is 2.34 bits per heavy atom. The molecule has 2 aromatic carbocycles. The number of aromatic nitrogens is 2. The van der Waals surface area contributed by atoms with Crippen molar-refractivity contribution in [2.24, 2.45) is 0 Å². The third kappa shape index (κ3) is 3.75. The van der Waals surface area contributed by atoms with Crippen LogP contribution in [0.3, 0.4) is 0 Å². The van der Waals surface area contributed by atoms with E-state index in [1.807, 2.05) is 42.5 Å². The van der Waals surface area contributed by atoms with Gasteiger partial charge in [0, 0.05) is 5.56 Å². The maximum atomic E-state index is 11.2. The minimum atomic E-state index is -1.06. The van der Waals surface area contributed by atoms with Gasteiger partial charge in [-0.2, -0.15) is 10.4 Å². The molecule has 29 heavy (non-hydrogen) atoms. The summed E-state index contributed by atoms with van der Waals surface area (Å²) in [7, 11) is 1.62. The van der Waals surface area contributed by atoms with Crippen molar-refractivity contribution in [3.05, 3.63) is 65.9 Å². The van der Waals surface area contributed by atoms with Crippen molar-refractivity contribution in [3.8, 4) is 28.8 Å². The van der Waals surface area contributed by atoms with Gasteiger partial charge < -0.3 is 14.9 Å². The van der Waals surface area contributed by atoms with E-state index in [0.29, 0.717) is 36.9 Å². The Kier molecular flexibility index (Phi) is 5.10. The molecule has 1 aliphatic carbocycles. The lowest BCUT2D eigenvalue weighted by molar-refractivity contribution is -0.0393. The van der Waals surface area contributed by atoms with E-state index >= 15 is 0 Å². The number of benzene rings is 2. The molecule has 6 nitrogen and oxygen atoms in total. The number of hydrogen-bond acceptors (Lipinski definition) is 5. The molecule has 0 radical (unpaired) electrons. The minimum Gasteiger partial charge on any atom is -0.497 e. The summed E-state index contributed by atoms with van der Waals surface area (Å²) in [5.74, 6) is 0.751. The molecule has 3 aromatic rings. The second-order valence-corrected chi connectivity index (χ2v) is 7.48. The van der Waals surface area contributed by atoms with Crippen molar-refractivity contribution < 1.29 is 14.9 Å². The van der Waals surface area contributed by atoms with Gasteiger partial charge in [-0.15, -0.1) is 0 Å². The van der Waals surface area contributed by atoms with Gasteiger partial charge in [-0.1, -0.05) is 12.1 Å². The SMILES string of the molecule is COc1ccc(-n2nc(C3(O)CCC(O)CC3)cc2-c2ccc(C#N)cc2)cc1. The molecular weight excluding hydrogens is 366 g/mol. The number of aliphatic hydroxyl groups is 2. The molecular formula is C23H23N3O3. The van der Waals surface area contributed by atoms with Crippen molar-refractivity contribution in [1.82, 2.24) is 9.78 Å². The first-order valence-corrected chi connectivity index (χ1v) is 9.68. The first-order chi connectivity index (χ1) is 14.0. The largest absolute Gasteiger partial charge is 0.497 e. The Morgan fingerprint density at radius 2 is 1.76 bits per heavy atom. The van der Waals surface area contributed by atoms with E-state index in [4.69, 9.17) is 15.1 Å². The number of methoxy groups -OCH3 is 1. The Labute approximate surface area is 169 Å². The van der Waals surface area contributed by atoms with Crippen LogP contribution in [0.25, 0.3) is 16.9 Å². The van der Waals surface area contributed by atoms with Crippen molar-refractivity contribution in [2.75, 3.05) is 7.11 Å². The van der Waals surface area contributed by atoms with Gasteiger partial charge in [0.2, 0.25) is 0 Å².